The zero-order chi connectivity index (χ0) is 25.1. The minimum atomic E-state index is -0.796. The highest BCUT2D eigenvalue weighted by Gasteiger charge is 2.32. The third-order valence-electron chi connectivity index (χ3n) is 7.00. The van der Waals surface area contributed by atoms with Crippen LogP contribution in [0.1, 0.15) is 29.5 Å². The number of halogens is 2. The molecule has 5 rings (SSSR count). The van der Waals surface area contributed by atoms with Gasteiger partial charge in [0.2, 0.25) is 0 Å². The lowest BCUT2D eigenvalue weighted by atomic mass is 9.97. The number of aryl methyl sites for hydroxylation is 2. The fourth-order valence-corrected chi connectivity index (χ4v) is 5.11. The van der Waals surface area contributed by atoms with Gasteiger partial charge in [-0.05, 0) is 78.8 Å². The summed E-state index contributed by atoms with van der Waals surface area (Å²) >= 11 is 0. The Kier molecular flexibility index (Phi) is 7.51. The van der Waals surface area contributed by atoms with Gasteiger partial charge in [-0.1, -0.05) is 30.3 Å². The highest BCUT2D eigenvalue weighted by atomic mass is 19.1. The number of aliphatic hydroxyl groups is 2. The second-order valence-corrected chi connectivity index (χ2v) is 9.71. The Morgan fingerprint density at radius 1 is 0.750 bits per heavy atom. The molecule has 2 N–H and O–H groups in total. The van der Waals surface area contributed by atoms with Crippen LogP contribution in [-0.4, -0.2) is 52.6 Å². The van der Waals surface area contributed by atoms with Crippen molar-refractivity contribution >= 4 is 0 Å². The average Bonchev–Trinajstić information content (AvgIpc) is 2.88. The molecule has 0 amide bonds. The predicted molar refractivity (Wildman–Crippen MR) is 132 cm³/mol. The molecular formula is C29H31F2NO4. The Morgan fingerprint density at radius 3 is 1.75 bits per heavy atom. The lowest BCUT2D eigenvalue weighted by Gasteiger charge is -2.35. The number of hydrogen-bond donors (Lipinski definition) is 2. The molecule has 5 nitrogen and oxygen atoms in total. The van der Waals surface area contributed by atoms with E-state index in [1.165, 1.54) is 24.3 Å². The normalized spacial score (nSPS) is 20.6. The molecule has 2 aliphatic heterocycles. The zero-order valence-corrected chi connectivity index (χ0v) is 20.0. The molecule has 0 aromatic heterocycles. The molecule has 0 saturated carbocycles. The van der Waals surface area contributed by atoms with Crippen molar-refractivity contribution in [1.82, 2.24) is 4.90 Å². The summed E-state index contributed by atoms with van der Waals surface area (Å²) in [7, 11) is 0. The van der Waals surface area contributed by atoms with Gasteiger partial charge in [0, 0.05) is 19.6 Å². The lowest BCUT2D eigenvalue weighted by molar-refractivity contribution is -0.0295. The van der Waals surface area contributed by atoms with Crippen LogP contribution in [0.5, 0.6) is 11.5 Å². The summed E-state index contributed by atoms with van der Waals surface area (Å²) in [5, 5.41) is 22.2. The third-order valence-corrected chi connectivity index (χ3v) is 7.00. The van der Waals surface area contributed by atoms with E-state index in [0.717, 1.165) is 16.7 Å². The van der Waals surface area contributed by atoms with Crippen molar-refractivity contribution < 1.29 is 28.5 Å². The van der Waals surface area contributed by atoms with Gasteiger partial charge in [-0.15, -0.1) is 0 Å². The minimum Gasteiger partial charge on any atom is -0.487 e. The Morgan fingerprint density at radius 2 is 1.25 bits per heavy atom. The molecule has 3 aromatic rings. The molecule has 0 spiro atoms. The summed E-state index contributed by atoms with van der Waals surface area (Å²) in [4.78, 5) is 2.01. The van der Waals surface area contributed by atoms with Crippen molar-refractivity contribution in [3.8, 4) is 11.5 Å². The van der Waals surface area contributed by atoms with Crippen molar-refractivity contribution in [3.63, 3.8) is 0 Å². The molecule has 0 aliphatic carbocycles. The number of fused-ring (bicyclic) bond motifs is 2. The minimum absolute atomic E-state index is 0.293. The summed E-state index contributed by atoms with van der Waals surface area (Å²) in [6.45, 7) is 1.13. The maximum atomic E-state index is 13.5. The number of ether oxygens (including phenoxy) is 2. The molecule has 4 atom stereocenters. The van der Waals surface area contributed by atoms with Crippen LogP contribution in [0.3, 0.4) is 0 Å². The van der Waals surface area contributed by atoms with E-state index in [-0.39, 0.29) is 11.6 Å². The Labute approximate surface area is 209 Å². The molecule has 2 heterocycles. The van der Waals surface area contributed by atoms with Gasteiger partial charge in [0.15, 0.2) is 0 Å². The van der Waals surface area contributed by atoms with Gasteiger partial charge in [-0.2, -0.15) is 0 Å². The van der Waals surface area contributed by atoms with Gasteiger partial charge in [-0.3, -0.25) is 4.90 Å². The maximum absolute atomic E-state index is 13.5. The summed E-state index contributed by atoms with van der Waals surface area (Å²) in [6.07, 6.45) is -0.0167. The number of hydrogen-bond acceptors (Lipinski definition) is 5. The van der Waals surface area contributed by atoms with E-state index in [9.17, 15) is 19.0 Å². The van der Waals surface area contributed by atoms with Gasteiger partial charge < -0.3 is 19.7 Å². The van der Waals surface area contributed by atoms with Crippen molar-refractivity contribution in [1.29, 1.82) is 0 Å². The van der Waals surface area contributed by atoms with Crippen molar-refractivity contribution in [3.05, 3.63) is 95.1 Å². The molecule has 0 fully saturated rings. The number of benzene rings is 3. The fourth-order valence-electron chi connectivity index (χ4n) is 5.11. The van der Waals surface area contributed by atoms with Crippen LogP contribution < -0.4 is 9.47 Å². The third kappa shape index (κ3) is 5.86. The van der Waals surface area contributed by atoms with Crippen molar-refractivity contribution in [2.24, 2.45) is 0 Å². The van der Waals surface area contributed by atoms with Crippen molar-refractivity contribution in [2.45, 2.75) is 56.6 Å². The van der Waals surface area contributed by atoms with Gasteiger partial charge in [0.1, 0.15) is 47.5 Å². The second kappa shape index (κ2) is 10.9. The first-order valence-corrected chi connectivity index (χ1v) is 12.5. The molecule has 2 aliphatic rings. The van der Waals surface area contributed by atoms with Crippen LogP contribution in [0.2, 0.25) is 0 Å². The first-order valence-electron chi connectivity index (χ1n) is 12.5. The zero-order valence-electron chi connectivity index (χ0n) is 20.0. The number of aliphatic hydroxyl groups excluding tert-OH is 2. The van der Waals surface area contributed by atoms with Crippen LogP contribution in [0.25, 0.3) is 0 Å². The van der Waals surface area contributed by atoms with E-state index in [1.54, 1.807) is 12.1 Å². The van der Waals surface area contributed by atoms with E-state index in [0.29, 0.717) is 56.8 Å². The molecule has 36 heavy (non-hydrogen) atoms. The summed E-state index contributed by atoms with van der Waals surface area (Å²) < 4.78 is 39.1. The largest absolute Gasteiger partial charge is 0.487 e. The molecule has 7 heteroatoms. The summed E-state index contributed by atoms with van der Waals surface area (Å²) in [5.41, 5.74) is 2.68. The SMILES string of the molecule is OC(CN(Cc1ccccc1)C[C@H](O)C1CCc2cc(F)ccc2O1)C1CCc2cc(F)ccc2O1. The highest BCUT2D eigenvalue weighted by molar-refractivity contribution is 5.37. The van der Waals surface area contributed by atoms with Crippen LogP contribution >= 0.6 is 0 Å². The maximum Gasteiger partial charge on any atom is 0.126 e. The Hall–Kier alpha value is -3.00. The molecule has 0 bridgehead atoms. The quantitative estimate of drug-likeness (QED) is 0.489. The molecule has 0 saturated heterocycles. The molecule has 3 unspecified atom stereocenters. The van der Waals surface area contributed by atoms with Crippen LogP contribution in [0.4, 0.5) is 8.78 Å². The summed E-state index contributed by atoms with van der Waals surface area (Å²) in [6, 6.07) is 18.8. The highest BCUT2D eigenvalue weighted by Crippen LogP contribution is 2.31. The average molecular weight is 496 g/mol. The van der Waals surface area contributed by atoms with Crippen LogP contribution in [0.15, 0.2) is 66.7 Å². The van der Waals surface area contributed by atoms with E-state index < -0.39 is 24.4 Å². The van der Waals surface area contributed by atoms with Crippen molar-refractivity contribution in [2.75, 3.05) is 13.1 Å². The monoisotopic (exact) mass is 495 g/mol. The van der Waals surface area contributed by atoms with E-state index >= 15 is 0 Å². The Bertz CT molecular complexity index is 1100. The van der Waals surface area contributed by atoms with Crippen LogP contribution in [0, 0.1) is 11.6 Å². The van der Waals surface area contributed by atoms with Crippen LogP contribution in [-0.2, 0) is 19.4 Å². The molecular weight excluding hydrogens is 464 g/mol. The first-order chi connectivity index (χ1) is 17.4. The van der Waals surface area contributed by atoms with E-state index in [1.807, 2.05) is 35.2 Å². The topological polar surface area (TPSA) is 62.2 Å². The standard InChI is InChI=1S/C29H31F2NO4/c30-22-8-12-26-20(14-22)6-10-28(35-26)24(33)17-32(16-19-4-2-1-3-5-19)18-25(34)29-11-7-21-15-23(31)9-13-27(21)36-29/h1-5,8-9,12-15,24-25,28-29,33-34H,6-7,10-11,16-18H2/t24-,25?,28?,29?/m0/s1. The first kappa shape index (κ1) is 24.7. The fraction of sp³-hybridized carbons (Fsp3) is 0.379. The molecule has 3 aromatic carbocycles. The number of rotatable bonds is 8. The van der Waals surface area contributed by atoms with Gasteiger partial charge in [0.25, 0.3) is 0 Å². The number of nitrogens with zero attached hydrogens (tertiary/aromatic N) is 1. The van der Waals surface area contributed by atoms with Gasteiger partial charge >= 0.3 is 0 Å². The smallest absolute Gasteiger partial charge is 0.126 e. The molecule has 0 radical (unpaired) electrons. The van der Waals surface area contributed by atoms with E-state index in [2.05, 4.69) is 0 Å². The van der Waals surface area contributed by atoms with E-state index in [4.69, 9.17) is 9.47 Å². The molecule has 190 valence electrons. The van der Waals surface area contributed by atoms with Gasteiger partial charge in [0.05, 0.1) is 0 Å². The lowest BCUT2D eigenvalue weighted by Crippen LogP contribution is -2.48. The van der Waals surface area contributed by atoms with Gasteiger partial charge in [-0.25, -0.2) is 8.78 Å². The predicted octanol–water partition coefficient (Wildman–Crippen LogP) is 4.28. The summed E-state index contributed by atoms with van der Waals surface area (Å²) in [5.74, 6) is 0.619. The Balaban J connectivity index is 1.26. The second-order valence-electron chi connectivity index (χ2n) is 9.71.